The van der Waals surface area contributed by atoms with Gasteiger partial charge in [-0.25, -0.2) is 4.98 Å². The van der Waals surface area contributed by atoms with Crippen molar-refractivity contribution in [3.05, 3.63) is 24.4 Å². The van der Waals surface area contributed by atoms with Crippen molar-refractivity contribution in [3.63, 3.8) is 0 Å². The van der Waals surface area contributed by atoms with E-state index in [-0.39, 0.29) is 13.2 Å². The van der Waals surface area contributed by atoms with Gasteiger partial charge in [0, 0.05) is 33.9 Å². The molecule has 1 aliphatic rings. The lowest BCUT2D eigenvalue weighted by molar-refractivity contribution is -0.222. The van der Waals surface area contributed by atoms with Crippen LogP contribution in [0.25, 0.3) is 0 Å². The average molecular weight is 455 g/mol. The lowest BCUT2D eigenvalue weighted by Gasteiger charge is -2.44. The van der Waals surface area contributed by atoms with E-state index < -0.39 is 53.5 Å². The number of hydrogen-bond acceptors (Lipinski definition) is 11. The summed E-state index contributed by atoms with van der Waals surface area (Å²) in [5.41, 5.74) is -0.836. The minimum Gasteiger partial charge on any atom is -0.465 e. The van der Waals surface area contributed by atoms with Gasteiger partial charge in [-0.1, -0.05) is 17.8 Å². The zero-order valence-corrected chi connectivity index (χ0v) is 18.5. The highest BCUT2D eigenvalue weighted by molar-refractivity contribution is 7.99. The molecule has 0 amide bonds. The Morgan fingerprint density at radius 2 is 1.52 bits per heavy atom. The van der Waals surface area contributed by atoms with E-state index in [1.807, 2.05) is 0 Å². The van der Waals surface area contributed by atoms with Crippen molar-refractivity contribution in [2.75, 3.05) is 13.2 Å². The van der Waals surface area contributed by atoms with Crippen LogP contribution in [0, 0.1) is 5.92 Å². The summed E-state index contributed by atoms with van der Waals surface area (Å²) in [6.07, 6.45) is -1.26. The number of hydrogen-bond donors (Lipinski definition) is 0. The molecule has 11 heteroatoms. The fourth-order valence-corrected chi connectivity index (χ4v) is 4.09. The molecule has 2 heterocycles. The van der Waals surface area contributed by atoms with Crippen LogP contribution in [0.4, 0.5) is 0 Å². The molecule has 0 radical (unpaired) electrons. The molecule has 0 spiro atoms. The number of nitrogens with zero attached hydrogens (tertiary/aromatic N) is 1. The van der Waals surface area contributed by atoms with Gasteiger partial charge in [-0.05, 0) is 12.1 Å². The number of pyridine rings is 1. The van der Waals surface area contributed by atoms with Crippen molar-refractivity contribution in [1.82, 2.24) is 4.98 Å². The summed E-state index contributed by atoms with van der Waals surface area (Å²) in [6.45, 7) is 4.54. The molecule has 0 aliphatic carbocycles. The Morgan fingerprint density at radius 1 is 0.903 bits per heavy atom. The summed E-state index contributed by atoms with van der Waals surface area (Å²) in [7, 11) is 0. The van der Waals surface area contributed by atoms with E-state index >= 15 is 0 Å². The fourth-order valence-electron chi connectivity index (χ4n) is 3.03. The van der Waals surface area contributed by atoms with Crippen LogP contribution in [0.1, 0.15) is 27.7 Å². The highest BCUT2D eigenvalue weighted by atomic mass is 32.2. The van der Waals surface area contributed by atoms with Crippen molar-refractivity contribution in [2.45, 2.75) is 56.5 Å². The summed E-state index contributed by atoms with van der Waals surface area (Å²) in [5.74, 6) is -3.07. The molecule has 1 aromatic heterocycles. The minimum absolute atomic E-state index is 0.175. The first kappa shape index (κ1) is 24.6. The molecule has 1 saturated heterocycles. The fraction of sp³-hybridized carbons (Fsp3) is 0.550. The van der Waals surface area contributed by atoms with Gasteiger partial charge in [0.2, 0.25) is 0 Å². The second-order valence-electron chi connectivity index (χ2n) is 6.75. The molecule has 31 heavy (non-hydrogen) atoms. The Morgan fingerprint density at radius 3 is 2.06 bits per heavy atom. The van der Waals surface area contributed by atoms with Crippen molar-refractivity contribution < 1.29 is 42.9 Å². The predicted molar refractivity (Wildman–Crippen MR) is 107 cm³/mol. The lowest BCUT2D eigenvalue weighted by Crippen LogP contribution is -2.58. The SMILES string of the molecule is CC(=O)OC[C@H]1[C@H](OC(C)=O)[C@H](OC(C)=O)[C@@H](Sc2ccccn2)O[C@H]1COC(C)=O. The minimum atomic E-state index is -1.03. The van der Waals surface area contributed by atoms with Gasteiger partial charge in [0.1, 0.15) is 24.8 Å². The van der Waals surface area contributed by atoms with Crippen LogP contribution in [-0.4, -0.2) is 65.8 Å². The normalized spacial score (nSPS) is 25.2. The van der Waals surface area contributed by atoms with E-state index in [0.717, 1.165) is 11.8 Å². The Balaban J connectivity index is 2.40. The first-order valence-corrected chi connectivity index (χ1v) is 10.4. The Kier molecular flexibility index (Phi) is 9.25. The first-order chi connectivity index (χ1) is 14.7. The topological polar surface area (TPSA) is 127 Å². The number of esters is 4. The average Bonchev–Trinajstić information content (AvgIpc) is 2.68. The highest BCUT2D eigenvalue weighted by Crippen LogP contribution is 2.38. The molecule has 170 valence electrons. The van der Waals surface area contributed by atoms with Gasteiger partial charge in [-0.2, -0.15) is 0 Å². The highest BCUT2D eigenvalue weighted by Gasteiger charge is 2.51. The number of carbonyl (C=O) groups is 4. The standard InChI is InChI=1S/C20H25NO9S/c1-11(22)26-9-15-16(10-27-12(2)23)30-20(31-17-7-5-6-8-21-17)19(29-14(4)25)18(15)28-13(3)24/h5-8,15-16,18-20H,9-10H2,1-4H3/t15-,16+,18+,19+,20-/m1/s1. The van der Waals surface area contributed by atoms with E-state index in [1.165, 1.54) is 27.7 Å². The molecule has 5 atom stereocenters. The molecule has 1 aliphatic heterocycles. The van der Waals surface area contributed by atoms with Crippen LogP contribution >= 0.6 is 11.8 Å². The quantitative estimate of drug-likeness (QED) is 0.418. The number of ether oxygens (including phenoxy) is 5. The summed E-state index contributed by atoms with van der Waals surface area (Å²) < 4.78 is 27.3. The summed E-state index contributed by atoms with van der Waals surface area (Å²) in [6, 6.07) is 5.27. The van der Waals surface area contributed by atoms with E-state index in [2.05, 4.69) is 4.98 Å². The predicted octanol–water partition coefficient (Wildman–Crippen LogP) is 1.50. The summed E-state index contributed by atoms with van der Waals surface area (Å²) in [5, 5.41) is 0.580. The smallest absolute Gasteiger partial charge is 0.303 e. The molecule has 0 unspecified atom stereocenters. The van der Waals surface area contributed by atoms with Gasteiger partial charge in [0.05, 0.1) is 10.9 Å². The molecular weight excluding hydrogens is 430 g/mol. The van der Waals surface area contributed by atoms with Gasteiger partial charge in [0.15, 0.2) is 12.2 Å². The van der Waals surface area contributed by atoms with Crippen LogP contribution in [0.2, 0.25) is 0 Å². The molecule has 2 rings (SSSR count). The van der Waals surface area contributed by atoms with Gasteiger partial charge >= 0.3 is 23.9 Å². The lowest BCUT2D eigenvalue weighted by atomic mass is 9.90. The molecule has 0 bridgehead atoms. The molecule has 1 fully saturated rings. The van der Waals surface area contributed by atoms with Gasteiger partial charge < -0.3 is 23.7 Å². The summed E-state index contributed by atoms with van der Waals surface area (Å²) >= 11 is 1.16. The largest absolute Gasteiger partial charge is 0.465 e. The molecule has 1 aromatic rings. The second-order valence-corrected chi connectivity index (χ2v) is 7.86. The third-order valence-electron chi connectivity index (χ3n) is 4.21. The van der Waals surface area contributed by atoms with Crippen molar-refractivity contribution >= 4 is 35.6 Å². The van der Waals surface area contributed by atoms with Crippen LogP contribution < -0.4 is 0 Å². The Hall–Kier alpha value is -2.66. The van der Waals surface area contributed by atoms with Gasteiger partial charge in [-0.15, -0.1) is 0 Å². The third-order valence-corrected chi connectivity index (χ3v) is 5.30. The van der Waals surface area contributed by atoms with Crippen LogP contribution in [-0.2, 0) is 42.9 Å². The zero-order chi connectivity index (χ0) is 23.0. The maximum Gasteiger partial charge on any atom is 0.303 e. The number of aromatic nitrogens is 1. The van der Waals surface area contributed by atoms with E-state index in [0.29, 0.717) is 5.03 Å². The number of carbonyl (C=O) groups excluding carboxylic acids is 4. The maximum absolute atomic E-state index is 11.8. The van der Waals surface area contributed by atoms with E-state index in [4.69, 9.17) is 23.7 Å². The number of rotatable bonds is 8. The molecule has 10 nitrogen and oxygen atoms in total. The molecule has 0 aromatic carbocycles. The first-order valence-electron chi connectivity index (χ1n) is 9.51. The van der Waals surface area contributed by atoms with Crippen molar-refractivity contribution in [1.29, 1.82) is 0 Å². The third kappa shape index (κ3) is 7.83. The molecule has 0 N–H and O–H groups in total. The molecular formula is C20H25NO9S. The van der Waals surface area contributed by atoms with Gasteiger partial charge in [-0.3, -0.25) is 19.2 Å². The van der Waals surface area contributed by atoms with Crippen LogP contribution in [0.3, 0.4) is 0 Å². The van der Waals surface area contributed by atoms with Gasteiger partial charge in [0.25, 0.3) is 0 Å². The zero-order valence-electron chi connectivity index (χ0n) is 17.6. The Bertz CT molecular complexity index is 788. The molecule has 0 saturated carbocycles. The van der Waals surface area contributed by atoms with E-state index in [1.54, 1.807) is 24.4 Å². The van der Waals surface area contributed by atoms with Crippen molar-refractivity contribution in [3.8, 4) is 0 Å². The van der Waals surface area contributed by atoms with E-state index in [9.17, 15) is 19.2 Å². The maximum atomic E-state index is 11.8. The van der Waals surface area contributed by atoms with Crippen LogP contribution in [0.5, 0.6) is 0 Å². The van der Waals surface area contributed by atoms with Crippen LogP contribution in [0.15, 0.2) is 29.4 Å². The monoisotopic (exact) mass is 455 g/mol. The number of thioether (sulfide) groups is 1. The Labute approximate surface area is 183 Å². The van der Waals surface area contributed by atoms with Crippen molar-refractivity contribution in [2.24, 2.45) is 5.92 Å². The summed E-state index contributed by atoms with van der Waals surface area (Å²) in [4.78, 5) is 50.7. The second kappa shape index (κ2) is 11.7.